The van der Waals surface area contributed by atoms with Gasteiger partial charge in [-0.15, -0.1) is 0 Å². The second-order valence-electron chi connectivity index (χ2n) is 5.46. The van der Waals surface area contributed by atoms with Gasteiger partial charge in [-0.3, -0.25) is 9.59 Å². The van der Waals surface area contributed by atoms with Crippen LogP contribution in [0.15, 0.2) is 10.5 Å². The van der Waals surface area contributed by atoms with Gasteiger partial charge in [0.25, 0.3) is 5.91 Å². The molecule has 0 aliphatic carbocycles. The lowest BCUT2D eigenvalue weighted by molar-refractivity contribution is -0.141. The number of carboxylic acid groups (broad SMARTS) is 1. The number of carbonyl (C=O) groups excluding carboxylic acids is 1. The molecule has 13 heteroatoms. The van der Waals surface area contributed by atoms with Crippen molar-refractivity contribution in [2.45, 2.75) is 18.6 Å². The number of alkyl halides is 3. The lowest BCUT2D eigenvalue weighted by Gasteiger charge is -2.17. The molecule has 9 nitrogen and oxygen atoms in total. The monoisotopic (exact) mass is 450 g/mol. The van der Waals surface area contributed by atoms with Crippen LogP contribution in [0.3, 0.4) is 0 Å². The van der Waals surface area contributed by atoms with Gasteiger partial charge in [0, 0.05) is 11.9 Å². The van der Waals surface area contributed by atoms with Crippen molar-refractivity contribution in [2.24, 2.45) is 11.5 Å². The maximum absolute atomic E-state index is 13.3. The van der Waals surface area contributed by atoms with Crippen LogP contribution < -0.4 is 22.5 Å². The average Bonchev–Trinajstić information content (AvgIpc) is 2.54. The van der Waals surface area contributed by atoms with E-state index in [1.807, 2.05) is 0 Å². The largest absolute Gasteiger partial charge is 0.480 e. The minimum Gasteiger partial charge on any atom is -0.480 e. The molecule has 2 aromatic heterocycles. The first-order chi connectivity index (χ1) is 12.4. The number of aliphatic carboxylic acids is 1. The van der Waals surface area contributed by atoms with Crippen LogP contribution in [0.25, 0.3) is 11.0 Å². The van der Waals surface area contributed by atoms with Crippen molar-refractivity contribution in [3.8, 4) is 0 Å². The number of pyridine rings is 2. The minimum absolute atomic E-state index is 0.0433. The van der Waals surface area contributed by atoms with E-state index in [4.69, 9.17) is 22.3 Å². The number of nitrogens with one attached hydrogen (secondary N) is 1. The number of anilines is 2. The highest BCUT2D eigenvalue weighted by Crippen LogP contribution is 2.41. The molecule has 0 spiro atoms. The highest BCUT2D eigenvalue weighted by Gasteiger charge is 2.37. The Morgan fingerprint density at radius 2 is 1.96 bits per heavy atom. The standard InChI is InChI=1S/C14H14BrF3N6O3/c15-7-8(22-2-1-6(19)13(26)27)4-3-5(11(21)25)10(20)24-12(4)23-9(7)14(16,17)18/h3,6H,1-2,19H2,(H2,21,25)(H,26,27)(H3,20,22,23,24)/t6-/m0/s1. The number of primary amides is 1. The second-order valence-corrected chi connectivity index (χ2v) is 6.26. The van der Waals surface area contributed by atoms with Crippen LogP contribution in [0.5, 0.6) is 0 Å². The van der Waals surface area contributed by atoms with Crippen molar-refractivity contribution in [2.75, 3.05) is 17.6 Å². The Hall–Kier alpha value is -2.67. The van der Waals surface area contributed by atoms with Gasteiger partial charge in [-0.05, 0) is 28.4 Å². The summed E-state index contributed by atoms with van der Waals surface area (Å²) in [7, 11) is 0. The van der Waals surface area contributed by atoms with Gasteiger partial charge in [0.1, 0.15) is 11.9 Å². The van der Waals surface area contributed by atoms with Crippen molar-refractivity contribution in [3.05, 3.63) is 21.8 Å². The number of carbonyl (C=O) groups is 2. The van der Waals surface area contributed by atoms with Crippen LogP contribution in [-0.2, 0) is 11.0 Å². The maximum Gasteiger partial charge on any atom is 0.434 e. The van der Waals surface area contributed by atoms with Gasteiger partial charge >= 0.3 is 12.1 Å². The van der Waals surface area contributed by atoms with Crippen LogP contribution >= 0.6 is 15.9 Å². The van der Waals surface area contributed by atoms with Gasteiger partial charge in [-0.2, -0.15) is 13.2 Å². The number of hydrogen-bond donors (Lipinski definition) is 5. The van der Waals surface area contributed by atoms with Gasteiger partial charge < -0.3 is 27.6 Å². The predicted molar refractivity (Wildman–Crippen MR) is 93.9 cm³/mol. The summed E-state index contributed by atoms with van der Waals surface area (Å²) in [4.78, 5) is 29.4. The Labute approximate surface area is 158 Å². The third-order valence-electron chi connectivity index (χ3n) is 3.55. The lowest BCUT2D eigenvalue weighted by atomic mass is 10.1. The fourth-order valence-corrected chi connectivity index (χ4v) is 2.88. The molecule has 8 N–H and O–H groups in total. The van der Waals surface area contributed by atoms with E-state index in [1.54, 1.807) is 0 Å². The molecule has 1 atom stereocenters. The Morgan fingerprint density at radius 3 is 2.48 bits per heavy atom. The fraction of sp³-hybridized carbons (Fsp3) is 0.286. The van der Waals surface area contributed by atoms with Crippen LogP contribution in [0.2, 0.25) is 0 Å². The van der Waals surface area contributed by atoms with Crippen molar-refractivity contribution in [1.82, 2.24) is 9.97 Å². The van der Waals surface area contributed by atoms with E-state index in [0.717, 1.165) is 6.07 Å². The third kappa shape index (κ3) is 4.36. The molecular weight excluding hydrogens is 437 g/mol. The first-order valence-corrected chi connectivity index (χ1v) is 8.11. The van der Waals surface area contributed by atoms with E-state index in [0.29, 0.717) is 0 Å². The molecule has 1 amide bonds. The van der Waals surface area contributed by atoms with E-state index in [9.17, 15) is 22.8 Å². The fourth-order valence-electron chi connectivity index (χ4n) is 2.21. The predicted octanol–water partition coefficient (Wildman–Crippen LogP) is 1.31. The van der Waals surface area contributed by atoms with E-state index >= 15 is 0 Å². The van der Waals surface area contributed by atoms with Gasteiger partial charge in [-0.25, -0.2) is 9.97 Å². The van der Waals surface area contributed by atoms with Gasteiger partial charge in [0.2, 0.25) is 0 Å². The number of nitrogen functional groups attached to an aromatic ring is 1. The van der Waals surface area contributed by atoms with Gasteiger partial charge in [0.05, 0.1) is 15.7 Å². The summed E-state index contributed by atoms with van der Waals surface area (Å²) in [5.41, 5.74) is 14.2. The third-order valence-corrected chi connectivity index (χ3v) is 4.33. The summed E-state index contributed by atoms with van der Waals surface area (Å²) in [6, 6.07) is -0.0430. The Balaban J connectivity index is 2.61. The Morgan fingerprint density at radius 1 is 1.33 bits per heavy atom. The number of aromatic nitrogens is 2. The molecule has 2 aromatic rings. The number of nitrogens with two attached hydrogens (primary N) is 3. The zero-order chi connectivity index (χ0) is 20.5. The van der Waals surface area contributed by atoms with Gasteiger partial charge in [0.15, 0.2) is 11.3 Å². The molecule has 0 fully saturated rings. The summed E-state index contributed by atoms with van der Waals surface area (Å²) in [5, 5.41) is 11.5. The SMILES string of the molecule is NC(=O)c1cc2c(NCC[C@H](N)C(=O)O)c(Br)c(C(F)(F)F)nc2nc1N. The van der Waals surface area contributed by atoms with Crippen molar-refractivity contribution < 1.29 is 27.9 Å². The number of amides is 1. The molecule has 0 aromatic carbocycles. The van der Waals surface area contributed by atoms with E-state index < -0.39 is 34.3 Å². The molecule has 0 saturated heterocycles. The zero-order valence-corrected chi connectivity index (χ0v) is 15.1. The summed E-state index contributed by atoms with van der Waals surface area (Å²) in [6.07, 6.45) is -4.88. The minimum atomic E-state index is -4.81. The molecule has 0 radical (unpaired) electrons. The van der Waals surface area contributed by atoms with Gasteiger partial charge in [-0.1, -0.05) is 0 Å². The Bertz CT molecular complexity index is 921. The average molecular weight is 451 g/mol. The number of hydrogen-bond acceptors (Lipinski definition) is 7. The molecule has 0 saturated carbocycles. The second kappa shape index (κ2) is 7.52. The number of rotatable bonds is 6. The summed E-state index contributed by atoms with van der Waals surface area (Å²) in [6.45, 7) is -0.0707. The lowest BCUT2D eigenvalue weighted by Crippen LogP contribution is -2.32. The van der Waals surface area contributed by atoms with Crippen LogP contribution in [-0.4, -0.2) is 39.5 Å². The topological polar surface area (TPSA) is 170 Å². The van der Waals surface area contributed by atoms with Crippen LogP contribution in [0.4, 0.5) is 24.7 Å². The van der Waals surface area contributed by atoms with E-state index in [1.165, 1.54) is 0 Å². The molecule has 2 heterocycles. The van der Waals surface area contributed by atoms with Crippen LogP contribution in [0.1, 0.15) is 22.5 Å². The Kier molecular flexibility index (Phi) is 5.75. The molecule has 0 aliphatic rings. The normalized spacial score (nSPS) is 12.8. The quantitative estimate of drug-likeness (QED) is 0.438. The van der Waals surface area contributed by atoms with Crippen LogP contribution in [0, 0.1) is 0 Å². The van der Waals surface area contributed by atoms with Crippen molar-refractivity contribution in [3.63, 3.8) is 0 Å². The summed E-state index contributed by atoms with van der Waals surface area (Å²) >= 11 is 2.85. The summed E-state index contributed by atoms with van der Waals surface area (Å²) < 4.78 is 39.4. The molecular formula is C14H14BrF3N6O3. The number of fused-ring (bicyclic) bond motifs is 1. The first-order valence-electron chi connectivity index (χ1n) is 7.32. The summed E-state index contributed by atoms with van der Waals surface area (Å²) in [5.74, 6) is -2.54. The highest BCUT2D eigenvalue weighted by molar-refractivity contribution is 9.10. The zero-order valence-electron chi connectivity index (χ0n) is 13.5. The molecule has 27 heavy (non-hydrogen) atoms. The van der Waals surface area contributed by atoms with E-state index in [-0.39, 0.29) is 41.1 Å². The highest BCUT2D eigenvalue weighted by atomic mass is 79.9. The number of nitrogens with zero attached hydrogens (tertiary/aromatic N) is 2. The molecule has 0 unspecified atom stereocenters. The van der Waals surface area contributed by atoms with Crippen molar-refractivity contribution >= 4 is 50.3 Å². The maximum atomic E-state index is 13.3. The van der Waals surface area contributed by atoms with Crippen molar-refractivity contribution in [1.29, 1.82) is 0 Å². The smallest absolute Gasteiger partial charge is 0.434 e. The molecule has 0 bridgehead atoms. The molecule has 146 valence electrons. The molecule has 2 rings (SSSR count). The van der Waals surface area contributed by atoms with E-state index in [2.05, 4.69) is 31.2 Å². The number of halogens is 4. The number of carboxylic acids is 1. The first kappa shape index (κ1) is 20.6. The molecule has 0 aliphatic heterocycles.